The number of rotatable bonds is 3. The lowest BCUT2D eigenvalue weighted by Gasteiger charge is -2.44. The van der Waals surface area contributed by atoms with Gasteiger partial charge >= 0.3 is 6.09 Å². The molecular weight excluding hydrogens is 491 g/mol. The molecule has 8 nitrogen and oxygen atoms in total. The summed E-state index contributed by atoms with van der Waals surface area (Å²) in [5.74, 6) is -1.35. The van der Waals surface area contributed by atoms with Gasteiger partial charge in [0.2, 0.25) is 5.82 Å². The number of anilines is 1. The van der Waals surface area contributed by atoms with E-state index in [4.69, 9.17) is 27.9 Å². The SMILES string of the molecule is O=C1Nc2ccc(Cl)c(F)c2[C@@]2(CCCN(C(=O)c3nnc(Cc4ccc(F)c(Cl)c4)[nH]3)C2)O1. The third-order valence-electron chi connectivity index (χ3n) is 5.91. The maximum atomic E-state index is 15.0. The molecule has 1 atom stereocenters. The average Bonchev–Trinajstić information content (AvgIpc) is 3.26. The van der Waals surface area contributed by atoms with Crippen molar-refractivity contribution in [3.05, 3.63) is 74.8 Å². The zero-order chi connectivity index (χ0) is 24.0. The lowest BCUT2D eigenvalue weighted by molar-refractivity contribution is -0.0420. The lowest BCUT2D eigenvalue weighted by Crippen LogP contribution is -2.53. The minimum atomic E-state index is -1.38. The van der Waals surface area contributed by atoms with Crippen LogP contribution in [0.15, 0.2) is 30.3 Å². The van der Waals surface area contributed by atoms with E-state index in [0.29, 0.717) is 30.8 Å². The first kappa shape index (κ1) is 22.5. The van der Waals surface area contributed by atoms with Crippen molar-refractivity contribution in [2.45, 2.75) is 24.9 Å². The number of fused-ring (bicyclic) bond motifs is 2. The van der Waals surface area contributed by atoms with Crippen LogP contribution in [0.3, 0.4) is 0 Å². The number of nitrogens with one attached hydrogen (secondary N) is 2. The van der Waals surface area contributed by atoms with Gasteiger partial charge in [0, 0.05) is 13.0 Å². The molecular formula is C22H17Cl2F2N5O3. The van der Waals surface area contributed by atoms with Gasteiger partial charge in [0.05, 0.1) is 27.8 Å². The van der Waals surface area contributed by atoms with E-state index in [1.54, 1.807) is 6.07 Å². The van der Waals surface area contributed by atoms with Crippen molar-refractivity contribution >= 4 is 40.9 Å². The van der Waals surface area contributed by atoms with Crippen LogP contribution in [0.2, 0.25) is 10.0 Å². The summed E-state index contributed by atoms with van der Waals surface area (Å²) in [6.45, 7) is 0.278. The summed E-state index contributed by atoms with van der Waals surface area (Å²) < 4.78 is 34.0. The molecule has 5 rings (SSSR count). The number of likely N-dealkylation sites (tertiary alicyclic amines) is 1. The first-order valence-electron chi connectivity index (χ1n) is 10.4. The van der Waals surface area contributed by atoms with Crippen molar-refractivity contribution in [2.24, 2.45) is 0 Å². The summed E-state index contributed by atoms with van der Waals surface area (Å²) in [7, 11) is 0. The fourth-order valence-corrected chi connectivity index (χ4v) is 4.77. The highest BCUT2D eigenvalue weighted by Crippen LogP contribution is 2.45. The number of hydrogen-bond acceptors (Lipinski definition) is 5. The number of benzene rings is 2. The van der Waals surface area contributed by atoms with Crippen molar-refractivity contribution in [3.63, 3.8) is 0 Å². The Bertz CT molecular complexity index is 1320. The maximum Gasteiger partial charge on any atom is 0.412 e. The second-order valence-electron chi connectivity index (χ2n) is 8.17. The van der Waals surface area contributed by atoms with Gasteiger partial charge in [-0.2, -0.15) is 0 Å². The van der Waals surface area contributed by atoms with Gasteiger partial charge in [0.15, 0.2) is 11.4 Å². The van der Waals surface area contributed by atoms with Gasteiger partial charge in [0.1, 0.15) is 11.6 Å². The van der Waals surface area contributed by atoms with E-state index >= 15 is 4.39 Å². The largest absolute Gasteiger partial charge is 0.436 e. The molecule has 0 bridgehead atoms. The molecule has 2 amide bonds. The van der Waals surface area contributed by atoms with Crippen LogP contribution < -0.4 is 5.32 Å². The van der Waals surface area contributed by atoms with Crippen LogP contribution >= 0.6 is 23.2 Å². The van der Waals surface area contributed by atoms with E-state index in [1.165, 1.54) is 29.2 Å². The Hall–Kier alpha value is -3.24. The molecule has 0 aliphatic carbocycles. The fraction of sp³-hybridized carbons (Fsp3) is 0.273. The van der Waals surface area contributed by atoms with Crippen LogP contribution in [0.1, 0.15) is 40.4 Å². The quantitative estimate of drug-likeness (QED) is 0.536. The molecule has 1 saturated heterocycles. The van der Waals surface area contributed by atoms with Gasteiger partial charge in [-0.25, -0.2) is 13.6 Å². The second kappa shape index (κ2) is 8.52. The molecule has 0 radical (unpaired) electrons. The molecule has 2 aromatic carbocycles. The minimum absolute atomic E-state index is 0.0175. The van der Waals surface area contributed by atoms with E-state index in [0.717, 1.165) is 0 Å². The number of amides is 2. The smallest absolute Gasteiger partial charge is 0.412 e. The Morgan fingerprint density at radius 2 is 2.00 bits per heavy atom. The normalized spacial score (nSPS) is 19.5. The molecule has 2 aliphatic heterocycles. The van der Waals surface area contributed by atoms with E-state index in [2.05, 4.69) is 20.5 Å². The summed E-state index contributed by atoms with van der Waals surface area (Å²) in [6, 6.07) is 7.14. The Balaban J connectivity index is 1.39. The van der Waals surface area contributed by atoms with E-state index in [1.807, 2.05) is 0 Å². The third-order valence-corrected chi connectivity index (χ3v) is 6.49. The highest BCUT2D eigenvalue weighted by atomic mass is 35.5. The van der Waals surface area contributed by atoms with Crippen molar-refractivity contribution in [3.8, 4) is 0 Å². The van der Waals surface area contributed by atoms with Crippen LogP contribution in [0, 0.1) is 11.6 Å². The molecule has 3 heterocycles. The number of nitrogens with zero attached hydrogens (tertiary/aromatic N) is 3. The molecule has 1 aromatic heterocycles. The summed E-state index contributed by atoms with van der Waals surface area (Å²) in [5, 5.41) is 10.3. The molecule has 2 N–H and O–H groups in total. The van der Waals surface area contributed by atoms with Gasteiger partial charge in [-0.15, -0.1) is 10.2 Å². The van der Waals surface area contributed by atoms with Gasteiger partial charge in [-0.05, 0) is 42.7 Å². The number of aromatic amines is 1. The zero-order valence-electron chi connectivity index (χ0n) is 17.5. The maximum absolute atomic E-state index is 15.0. The van der Waals surface area contributed by atoms with Gasteiger partial charge in [-0.1, -0.05) is 29.3 Å². The van der Waals surface area contributed by atoms with Gasteiger partial charge in [0.25, 0.3) is 5.91 Å². The summed E-state index contributed by atoms with van der Waals surface area (Å²) in [4.78, 5) is 29.7. The van der Waals surface area contributed by atoms with Crippen LogP contribution in [0.25, 0.3) is 0 Å². The topological polar surface area (TPSA) is 100 Å². The van der Waals surface area contributed by atoms with Crippen LogP contribution in [0.4, 0.5) is 19.3 Å². The Kier molecular flexibility index (Phi) is 5.65. The predicted molar refractivity (Wildman–Crippen MR) is 119 cm³/mol. The number of carbonyl (C=O) groups is 2. The number of piperidine rings is 1. The van der Waals surface area contributed by atoms with Crippen molar-refractivity contribution in [1.82, 2.24) is 20.1 Å². The van der Waals surface area contributed by atoms with Crippen LogP contribution in [0.5, 0.6) is 0 Å². The summed E-state index contributed by atoms with van der Waals surface area (Å²) in [6.07, 6.45) is 0.300. The third kappa shape index (κ3) is 3.97. The monoisotopic (exact) mass is 507 g/mol. The van der Waals surface area contributed by atoms with Crippen molar-refractivity contribution in [2.75, 3.05) is 18.4 Å². The van der Waals surface area contributed by atoms with Gasteiger partial charge < -0.3 is 14.6 Å². The van der Waals surface area contributed by atoms with E-state index in [9.17, 15) is 14.0 Å². The first-order valence-corrected chi connectivity index (χ1v) is 11.1. The number of carbonyl (C=O) groups excluding carboxylic acids is 2. The molecule has 3 aromatic rings. The average molecular weight is 508 g/mol. The van der Waals surface area contributed by atoms with Crippen LogP contribution in [-0.2, 0) is 16.8 Å². The Labute approximate surface area is 202 Å². The number of aromatic nitrogens is 3. The van der Waals surface area contributed by atoms with Crippen molar-refractivity contribution < 1.29 is 23.1 Å². The molecule has 0 saturated carbocycles. The number of H-pyrrole nitrogens is 1. The molecule has 1 fully saturated rings. The molecule has 176 valence electrons. The fourth-order valence-electron chi connectivity index (χ4n) is 4.41. The Morgan fingerprint density at radius 1 is 1.18 bits per heavy atom. The molecule has 34 heavy (non-hydrogen) atoms. The molecule has 2 aliphatic rings. The first-order chi connectivity index (χ1) is 16.3. The van der Waals surface area contributed by atoms with Gasteiger partial charge in [-0.3, -0.25) is 10.1 Å². The van der Waals surface area contributed by atoms with Crippen molar-refractivity contribution in [1.29, 1.82) is 0 Å². The number of halogens is 4. The van der Waals surface area contributed by atoms with Crippen LogP contribution in [-0.4, -0.2) is 45.2 Å². The highest BCUT2D eigenvalue weighted by molar-refractivity contribution is 6.31. The molecule has 12 heteroatoms. The molecule has 1 spiro atoms. The lowest BCUT2D eigenvalue weighted by atomic mass is 9.83. The second-order valence-corrected chi connectivity index (χ2v) is 8.98. The number of ether oxygens (including phenoxy) is 1. The summed E-state index contributed by atoms with van der Waals surface area (Å²) >= 11 is 11.8. The predicted octanol–water partition coefficient (Wildman–Crippen LogP) is 4.67. The van der Waals surface area contributed by atoms with E-state index < -0.39 is 29.2 Å². The number of hydrogen-bond donors (Lipinski definition) is 2. The summed E-state index contributed by atoms with van der Waals surface area (Å²) in [5.41, 5.74) is -0.325. The highest BCUT2D eigenvalue weighted by Gasteiger charge is 2.48. The molecule has 0 unspecified atom stereocenters. The standard InChI is InChI=1S/C22H17Cl2F2N5O3/c23-12-3-5-15-17(18(12)26)22(34-21(33)27-15)6-1-7-31(10-22)20(32)19-28-16(29-30-19)9-11-2-4-14(25)13(24)8-11/h2-5,8H,1,6-7,9-10H2,(H,27,33)(H,28,29,30)/t22-/m0/s1. The zero-order valence-corrected chi connectivity index (χ0v) is 19.0. The Morgan fingerprint density at radius 3 is 2.79 bits per heavy atom. The minimum Gasteiger partial charge on any atom is -0.436 e. The van der Waals surface area contributed by atoms with E-state index in [-0.39, 0.29) is 40.1 Å².